The summed E-state index contributed by atoms with van der Waals surface area (Å²) in [5.74, 6) is 1.96. The average Bonchev–Trinajstić information content (AvgIpc) is 3.55. The Balaban J connectivity index is 1.08. The quantitative estimate of drug-likeness (QED) is 0.193. The van der Waals surface area contributed by atoms with Crippen molar-refractivity contribution in [1.29, 1.82) is 0 Å². The monoisotopic (exact) mass is 618 g/mol. The Labute approximate surface area is 275 Å². The molecule has 9 aromatic rings. The molecule has 0 saturated heterocycles. The molecule has 6 aromatic carbocycles. The highest BCUT2D eigenvalue weighted by Gasteiger charge is 2.16. The molecular formula is C42H26N4S. The molecule has 3 heterocycles. The average molecular weight is 619 g/mol. The number of hydrogen-bond donors (Lipinski definition) is 0. The van der Waals surface area contributed by atoms with Gasteiger partial charge in [-0.3, -0.25) is 0 Å². The topological polar surface area (TPSA) is 51.6 Å². The van der Waals surface area contributed by atoms with Crippen molar-refractivity contribution < 1.29 is 0 Å². The fraction of sp³-hybridized carbons (Fsp3) is 0. The highest BCUT2D eigenvalue weighted by atomic mass is 32.1. The molecule has 4 nitrogen and oxygen atoms in total. The summed E-state index contributed by atoms with van der Waals surface area (Å²) >= 11 is 1.82. The second-order valence-corrected chi connectivity index (χ2v) is 12.5. The Morgan fingerprint density at radius 1 is 0.340 bits per heavy atom. The zero-order valence-corrected chi connectivity index (χ0v) is 26.0. The van der Waals surface area contributed by atoms with Crippen LogP contribution in [0.1, 0.15) is 0 Å². The number of nitrogens with zero attached hydrogens (tertiary/aromatic N) is 4. The van der Waals surface area contributed by atoms with Crippen molar-refractivity contribution in [2.75, 3.05) is 0 Å². The third-order valence-electron chi connectivity index (χ3n) is 8.55. The summed E-state index contributed by atoms with van der Waals surface area (Å²) in [5.41, 5.74) is 8.27. The van der Waals surface area contributed by atoms with Crippen LogP contribution in [0.25, 0.3) is 87.6 Å². The highest BCUT2D eigenvalue weighted by molar-refractivity contribution is 7.26. The van der Waals surface area contributed by atoms with E-state index in [9.17, 15) is 0 Å². The molecule has 0 atom stereocenters. The molecule has 0 unspecified atom stereocenters. The van der Waals surface area contributed by atoms with Crippen LogP contribution in [0.4, 0.5) is 0 Å². The van der Waals surface area contributed by atoms with Crippen LogP contribution in [0, 0.1) is 0 Å². The summed E-state index contributed by atoms with van der Waals surface area (Å²) in [6.45, 7) is 0. The summed E-state index contributed by atoms with van der Waals surface area (Å²) in [5, 5.41) is 3.77. The number of thiophene rings is 1. The van der Waals surface area contributed by atoms with Gasteiger partial charge in [-0.2, -0.15) is 0 Å². The first kappa shape index (κ1) is 27.3. The van der Waals surface area contributed by atoms with Crippen LogP contribution in [-0.4, -0.2) is 19.9 Å². The first-order chi connectivity index (χ1) is 23.3. The lowest BCUT2D eigenvalue weighted by Crippen LogP contribution is -2.00. The molecule has 0 amide bonds. The lowest BCUT2D eigenvalue weighted by molar-refractivity contribution is 1.07. The number of benzene rings is 6. The highest BCUT2D eigenvalue weighted by Crippen LogP contribution is 2.42. The maximum absolute atomic E-state index is 5.17. The van der Waals surface area contributed by atoms with Gasteiger partial charge in [0, 0.05) is 43.1 Å². The Morgan fingerprint density at radius 3 is 1.38 bits per heavy atom. The minimum Gasteiger partial charge on any atom is -0.246 e. The van der Waals surface area contributed by atoms with Gasteiger partial charge < -0.3 is 0 Å². The van der Waals surface area contributed by atoms with Crippen LogP contribution >= 0.6 is 11.3 Å². The predicted molar refractivity (Wildman–Crippen MR) is 195 cm³/mol. The van der Waals surface area contributed by atoms with E-state index >= 15 is 0 Å². The van der Waals surface area contributed by atoms with E-state index < -0.39 is 0 Å². The van der Waals surface area contributed by atoms with Crippen molar-refractivity contribution in [1.82, 2.24) is 19.9 Å². The summed E-state index contributed by atoms with van der Waals surface area (Å²) in [4.78, 5) is 19.7. The van der Waals surface area contributed by atoms with Crippen LogP contribution in [0.5, 0.6) is 0 Å². The number of fused-ring (bicyclic) bond motifs is 5. The molecule has 3 aromatic heterocycles. The smallest absolute Gasteiger partial charge is 0.164 e. The third kappa shape index (κ3) is 4.94. The molecule has 0 aliphatic rings. The van der Waals surface area contributed by atoms with Gasteiger partial charge in [-0.15, -0.1) is 11.3 Å². The first-order valence-electron chi connectivity index (χ1n) is 15.6. The molecule has 9 rings (SSSR count). The van der Waals surface area contributed by atoms with Crippen molar-refractivity contribution in [3.8, 4) is 56.5 Å². The summed E-state index contributed by atoms with van der Waals surface area (Å²) in [6.07, 6.45) is 0. The molecular weight excluding hydrogens is 593 g/mol. The second kappa shape index (κ2) is 11.4. The molecule has 0 spiro atoms. The summed E-state index contributed by atoms with van der Waals surface area (Å²) < 4.78 is 2.51. The van der Waals surface area contributed by atoms with Crippen LogP contribution in [0.3, 0.4) is 0 Å². The van der Waals surface area contributed by atoms with Crippen LogP contribution in [-0.2, 0) is 0 Å². The zero-order valence-electron chi connectivity index (χ0n) is 25.2. The third-order valence-corrected chi connectivity index (χ3v) is 9.73. The van der Waals surface area contributed by atoms with Crippen molar-refractivity contribution in [2.45, 2.75) is 0 Å². The van der Waals surface area contributed by atoms with E-state index in [4.69, 9.17) is 19.9 Å². The van der Waals surface area contributed by atoms with Crippen molar-refractivity contribution >= 4 is 42.4 Å². The van der Waals surface area contributed by atoms with E-state index in [2.05, 4.69) is 97.1 Å². The number of para-hydroxylation sites is 1. The van der Waals surface area contributed by atoms with E-state index in [1.807, 2.05) is 72.0 Å². The largest absolute Gasteiger partial charge is 0.246 e. The van der Waals surface area contributed by atoms with Gasteiger partial charge in [-0.05, 0) is 23.3 Å². The van der Waals surface area contributed by atoms with E-state index in [0.29, 0.717) is 17.5 Å². The Morgan fingerprint density at radius 2 is 0.787 bits per heavy atom. The Bertz CT molecular complexity index is 2480. The van der Waals surface area contributed by atoms with Gasteiger partial charge in [0.25, 0.3) is 0 Å². The van der Waals surface area contributed by atoms with E-state index in [1.54, 1.807) is 0 Å². The normalized spacial score (nSPS) is 11.4. The van der Waals surface area contributed by atoms with E-state index in [1.165, 1.54) is 25.6 Å². The SMILES string of the molecule is c1ccc(-c2nc(-c3ccccc3)nc(-c3ccc(-c4ccc(-c5nc6ccccc6c6c5sc5ccccc56)cc4)cc3)n2)cc1. The lowest BCUT2D eigenvalue weighted by atomic mass is 9.99. The van der Waals surface area contributed by atoms with E-state index in [-0.39, 0.29) is 0 Å². The minimum atomic E-state index is 0.648. The van der Waals surface area contributed by atoms with Gasteiger partial charge in [-0.1, -0.05) is 146 Å². The van der Waals surface area contributed by atoms with Gasteiger partial charge in [0.15, 0.2) is 17.5 Å². The molecule has 0 bridgehead atoms. The summed E-state index contributed by atoms with van der Waals surface area (Å²) in [7, 11) is 0. The predicted octanol–water partition coefficient (Wildman–Crippen LogP) is 11.1. The van der Waals surface area contributed by atoms with Gasteiger partial charge in [0.2, 0.25) is 0 Å². The lowest BCUT2D eigenvalue weighted by Gasteiger charge is -2.10. The molecule has 5 heteroatoms. The van der Waals surface area contributed by atoms with Crippen LogP contribution in [0.15, 0.2) is 158 Å². The molecule has 0 aliphatic heterocycles. The fourth-order valence-corrected chi connectivity index (χ4v) is 7.43. The van der Waals surface area contributed by atoms with Crippen molar-refractivity contribution in [2.24, 2.45) is 0 Å². The molecule has 0 radical (unpaired) electrons. The van der Waals surface area contributed by atoms with Gasteiger partial charge in [-0.25, -0.2) is 19.9 Å². The molecule has 47 heavy (non-hydrogen) atoms. The maximum Gasteiger partial charge on any atom is 0.164 e. The number of pyridine rings is 1. The van der Waals surface area contributed by atoms with E-state index in [0.717, 1.165) is 44.6 Å². The molecule has 0 aliphatic carbocycles. The first-order valence-corrected chi connectivity index (χ1v) is 16.4. The number of rotatable bonds is 5. The van der Waals surface area contributed by atoms with Crippen LogP contribution < -0.4 is 0 Å². The van der Waals surface area contributed by atoms with Gasteiger partial charge >= 0.3 is 0 Å². The second-order valence-electron chi connectivity index (χ2n) is 11.5. The Hall–Kier alpha value is -6.04. The Kier molecular flexibility index (Phi) is 6.61. The van der Waals surface area contributed by atoms with Crippen LogP contribution in [0.2, 0.25) is 0 Å². The van der Waals surface area contributed by atoms with Gasteiger partial charge in [0.05, 0.1) is 15.9 Å². The number of aromatic nitrogens is 4. The zero-order chi connectivity index (χ0) is 31.2. The van der Waals surface area contributed by atoms with Crippen molar-refractivity contribution in [3.05, 3.63) is 158 Å². The summed E-state index contributed by atoms with van der Waals surface area (Å²) in [6, 6.07) is 54.4. The standard InChI is InChI=1S/C42H26N4S/c1-3-11-30(12-4-1)40-44-41(31-13-5-2-6-14-31)46-42(45-40)32-25-21-28(22-26-32)27-19-23-29(24-20-27)38-39-37(33-15-7-9-17-35(33)43-38)34-16-8-10-18-36(34)47-39/h1-26H. The van der Waals surface area contributed by atoms with Gasteiger partial charge in [0.1, 0.15) is 0 Å². The minimum absolute atomic E-state index is 0.648. The molecule has 0 N–H and O–H groups in total. The number of hydrogen-bond acceptors (Lipinski definition) is 5. The van der Waals surface area contributed by atoms with Crippen molar-refractivity contribution in [3.63, 3.8) is 0 Å². The fourth-order valence-electron chi connectivity index (χ4n) is 6.20. The molecule has 220 valence electrons. The molecule has 0 fully saturated rings. The molecule has 0 saturated carbocycles. The maximum atomic E-state index is 5.17.